The lowest BCUT2D eigenvalue weighted by Crippen LogP contribution is -2.52. The molecular formula is C31H35ClFN3O4S. The van der Waals surface area contributed by atoms with Gasteiger partial charge in [-0.05, 0) is 87.2 Å². The normalized spacial score (nSPS) is 14.5. The number of sulfonamides is 1. The van der Waals surface area contributed by atoms with E-state index in [0.717, 1.165) is 41.1 Å². The quantitative estimate of drug-likeness (QED) is 0.321. The summed E-state index contributed by atoms with van der Waals surface area (Å²) in [7, 11) is -4.22. The van der Waals surface area contributed by atoms with Crippen LogP contribution in [0.25, 0.3) is 0 Å². The van der Waals surface area contributed by atoms with Crippen molar-refractivity contribution in [3.8, 4) is 0 Å². The van der Waals surface area contributed by atoms with Crippen LogP contribution in [0.5, 0.6) is 0 Å². The van der Waals surface area contributed by atoms with Gasteiger partial charge in [0.05, 0.1) is 10.6 Å². The zero-order valence-electron chi connectivity index (χ0n) is 23.4. The molecule has 1 aliphatic carbocycles. The van der Waals surface area contributed by atoms with Crippen molar-refractivity contribution >= 4 is 39.1 Å². The highest BCUT2D eigenvalue weighted by molar-refractivity contribution is 7.92. The lowest BCUT2D eigenvalue weighted by Gasteiger charge is -2.32. The van der Waals surface area contributed by atoms with E-state index in [1.54, 1.807) is 43.3 Å². The summed E-state index contributed by atoms with van der Waals surface area (Å²) in [6.45, 7) is 4.54. The van der Waals surface area contributed by atoms with Crippen LogP contribution in [0.2, 0.25) is 5.02 Å². The van der Waals surface area contributed by atoms with E-state index >= 15 is 0 Å². The van der Waals surface area contributed by atoms with Crippen LogP contribution in [0, 0.1) is 19.7 Å². The maximum Gasteiger partial charge on any atom is 0.264 e. The molecule has 3 aromatic carbocycles. The van der Waals surface area contributed by atoms with Gasteiger partial charge in [0.2, 0.25) is 11.8 Å². The monoisotopic (exact) mass is 599 g/mol. The van der Waals surface area contributed by atoms with Crippen molar-refractivity contribution < 1.29 is 22.4 Å². The number of aryl methyl sites for hydroxylation is 2. The molecule has 1 aliphatic rings. The minimum absolute atomic E-state index is 0.0210. The summed E-state index contributed by atoms with van der Waals surface area (Å²) in [6, 6.07) is 15.9. The van der Waals surface area contributed by atoms with E-state index in [4.69, 9.17) is 11.6 Å². The molecule has 0 heterocycles. The van der Waals surface area contributed by atoms with Crippen molar-refractivity contribution in [2.45, 2.75) is 70.0 Å². The molecule has 0 aliphatic heterocycles. The lowest BCUT2D eigenvalue weighted by atomic mass is 10.1. The summed E-state index contributed by atoms with van der Waals surface area (Å²) in [5, 5.41) is 3.37. The zero-order valence-corrected chi connectivity index (χ0v) is 25.0. The first-order valence-corrected chi connectivity index (χ1v) is 15.5. The Morgan fingerprint density at radius 1 is 1.00 bits per heavy atom. The second-order valence-corrected chi connectivity index (χ2v) is 12.8. The summed E-state index contributed by atoms with van der Waals surface area (Å²) in [5.74, 6) is -1.52. The Morgan fingerprint density at radius 3 is 2.29 bits per heavy atom. The van der Waals surface area contributed by atoms with E-state index in [0.29, 0.717) is 10.7 Å². The Morgan fingerprint density at radius 2 is 1.66 bits per heavy atom. The largest absolute Gasteiger partial charge is 0.352 e. The van der Waals surface area contributed by atoms with Gasteiger partial charge in [0.15, 0.2) is 0 Å². The standard InChI is InChI=1S/C31H35ClFN3O4S/c1-21-12-15-27(18-22(21)2)36(41(39,40)28-16-13-25(32)14-17-28)20-30(37)35(19-24-8-4-7-11-29(24)33)23(3)31(38)34-26-9-5-6-10-26/h4,7-8,11-18,23,26H,5-6,9-10,19-20H2,1-3H3,(H,34,38). The Balaban J connectivity index is 1.71. The molecule has 0 saturated heterocycles. The van der Waals surface area contributed by atoms with Crippen LogP contribution in [0.15, 0.2) is 71.6 Å². The maximum absolute atomic E-state index is 14.7. The molecule has 0 aromatic heterocycles. The molecule has 1 unspecified atom stereocenters. The number of anilines is 1. The number of hydrogen-bond donors (Lipinski definition) is 1. The van der Waals surface area contributed by atoms with Crippen molar-refractivity contribution in [3.63, 3.8) is 0 Å². The van der Waals surface area contributed by atoms with Gasteiger partial charge in [0.25, 0.3) is 10.0 Å². The highest BCUT2D eigenvalue weighted by atomic mass is 35.5. The second-order valence-electron chi connectivity index (χ2n) is 10.5. The van der Waals surface area contributed by atoms with Crippen LogP contribution < -0.4 is 9.62 Å². The Kier molecular flexibility index (Phi) is 9.71. The highest BCUT2D eigenvalue weighted by Gasteiger charge is 2.33. The molecule has 2 amide bonds. The predicted octanol–water partition coefficient (Wildman–Crippen LogP) is 5.77. The molecule has 10 heteroatoms. The summed E-state index contributed by atoms with van der Waals surface area (Å²) >= 11 is 6.00. The van der Waals surface area contributed by atoms with Crippen molar-refractivity contribution in [3.05, 3.63) is 94.3 Å². The maximum atomic E-state index is 14.7. The number of nitrogens with zero attached hydrogens (tertiary/aromatic N) is 2. The van der Waals surface area contributed by atoms with Gasteiger partial charge in [-0.25, -0.2) is 12.8 Å². The highest BCUT2D eigenvalue weighted by Crippen LogP contribution is 2.27. The van der Waals surface area contributed by atoms with E-state index in [2.05, 4.69) is 5.32 Å². The number of hydrogen-bond acceptors (Lipinski definition) is 4. The first-order chi connectivity index (χ1) is 19.5. The third-order valence-electron chi connectivity index (χ3n) is 7.63. The zero-order chi connectivity index (χ0) is 29.7. The fraction of sp³-hybridized carbons (Fsp3) is 0.355. The number of carbonyl (C=O) groups excluding carboxylic acids is 2. The molecule has 1 N–H and O–H groups in total. The summed E-state index contributed by atoms with van der Waals surface area (Å²) in [6.07, 6.45) is 3.76. The molecule has 218 valence electrons. The predicted molar refractivity (Wildman–Crippen MR) is 159 cm³/mol. The smallest absolute Gasteiger partial charge is 0.264 e. The Hall–Kier alpha value is -3.43. The molecular weight excluding hydrogens is 565 g/mol. The molecule has 0 radical (unpaired) electrons. The molecule has 41 heavy (non-hydrogen) atoms. The Bertz CT molecular complexity index is 1510. The first-order valence-electron chi connectivity index (χ1n) is 13.7. The molecule has 0 bridgehead atoms. The van der Waals surface area contributed by atoms with E-state index in [1.165, 1.54) is 35.2 Å². The second kappa shape index (κ2) is 13.0. The number of carbonyl (C=O) groups is 2. The van der Waals surface area contributed by atoms with Gasteiger partial charge in [0.1, 0.15) is 18.4 Å². The minimum Gasteiger partial charge on any atom is -0.352 e. The van der Waals surface area contributed by atoms with Crippen molar-refractivity contribution in [1.82, 2.24) is 10.2 Å². The fourth-order valence-corrected chi connectivity index (χ4v) is 6.46. The molecule has 7 nitrogen and oxygen atoms in total. The average molecular weight is 600 g/mol. The molecule has 3 aromatic rings. The third-order valence-corrected chi connectivity index (χ3v) is 9.67. The third kappa shape index (κ3) is 7.26. The number of rotatable bonds is 10. The number of nitrogens with one attached hydrogen (secondary N) is 1. The van der Waals surface area contributed by atoms with Gasteiger partial charge in [-0.1, -0.05) is 48.7 Å². The molecule has 1 atom stereocenters. The van der Waals surface area contributed by atoms with Crippen LogP contribution in [0.4, 0.5) is 10.1 Å². The number of amides is 2. The molecule has 1 fully saturated rings. The molecule has 1 saturated carbocycles. The van der Waals surface area contributed by atoms with E-state index in [9.17, 15) is 22.4 Å². The van der Waals surface area contributed by atoms with Crippen LogP contribution in [-0.4, -0.2) is 43.8 Å². The van der Waals surface area contributed by atoms with Crippen LogP contribution >= 0.6 is 11.6 Å². The fourth-order valence-electron chi connectivity index (χ4n) is 4.93. The SMILES string of the molecule is Cc1ccc(N(CC(=O)N(Cc2ccccc2F)C(C)C(=O)NC2CCCC2)S(=O)(=O)c2ccc(Cl)cc2)cc1C. The van der Waals surface area contributed by atoms with Crippen LogP contribution in [-0.2, 0) is 26.2 Å². The van der Waals surface area contributed by atoms with Crippen LogP contribution in [0.3, 0.4) is 0 Å². The van der Waals surface area contributed by atoms with Gasteiger partial charge in [-0.2, -0.15) is 0 Å². The topological polar surface area (TPSA) is 86.8 Å². The molecule has 0 spiro atoms. The van der Waals surface area contributed by atoms with Gasteiger partial charge < -0.3 is 10.2 Å². The van der Waals surface area contributed by atoms with Crippen LogP contribution in [0.1, 0.15) is 49.3 Å². The molecule has 4 rings (SSSR count). The summed E-state index contributed by atoms with van der Waals surface area (Å²) in [4.78, 5) is 28.5. The van der Waals surface area contributed by atoms with Crippen molar-refractivity contribution in [2.24, 2.45) is 0 Å². The number of halogens is 2. The van der Waals surface area contributed by atoms with E-state index in [-0.39, 0.29) is 29.0 Å². The van der Waals surface area contributed by atoms with E-state index < -0.39 is 34.3 Å². The average Bonchev–Trinajstić information content (AvgIpc) is 3.45. The minimum atomic E-state index is -4.22. The van der Waals surface area contributed by atoms with Gasteiger partial charge in [0, 0.05) is 23.2 Å². The first kappa shape index (κ1) is 30.5. The van der Waals surface area contributed by atoms with Gasteiger partial charge in [-0.3, -0.25) is 13.9 Å². The summed E-state index contributed by atoms with van der Waals surface area (Å²) in [5.41, 5.74) is 2.33. The lowest BCUT2D eigenvalue weighted by molar-refractivity contribution is -0.139. The van der Waals surface area contributed by atoms with E-state index in [1.807, 2.05) is 13.8 Å². The van der Waals surface area contributed by atoms with Gasteiger partial charge >= 0.3 is 0 Å². The van der Waals surface area contributed by atoms with Crippen molar-refractivity contribution in [2.75, 3.05) is 10.8 Å². The summed E-state index contributed by atoms with van der Waals surface area (Å²) < 4.78 is 43.6. The Labute approximate surface area is 246 Å². The number of benzene rings is 3. The van der Waals surface area contributed by atoms with Gasteiger partial charge in [-0.15, -0.1) is 0 Å². The van der Waals surface area contributed by atoms with Crippen molar-refractivity contribution in [1.29, 1.82) is 0 Å².